The number of fused-ring (bicyclic) bond motifs is 1. The highest BCUT2D eigenvalue weighted by atomic mass is 16.5. The molecule has 3 heterocycles. The summed E-state index contributed by atoms with van der Waals surface area (Å²) in [4.78, 5) is 4.33. The Hall–Kier alpha value is -3.02. The van der Waals surface area contributed by atoms with Crippen molar-refractivity contribution in [1.82, 2.24) is 20.3 Å². The maximum atomic E-state index is 5.86. The first-order valence-electron chi connectivity index (χ1n) is 7.95. The summed E-state index contributed by atoms with van der Waals surface area (Å²) in [5.74, 6) is 1.45. The largest absolute Gasteiger partial charge is 0.416 e. The van der Waals surface area contributed by atoms with Gasteiger partial charge in [0.05, 0.1) is 16.6 Å². The molecule has 0 amide bonds. The van der Waals surface area contributed by atoms with Crippen LogP contribution in [0.25, 0.3) is 34.0 Å². The molecule has 0 saturated heterocycles. The van der Waals surface area contributed by atoms with Gasteiger partial charge in [-0.2, -0.15) is 0 Å². The normalized spacial score (nSPS) is 14.4. The standard InChI is InChI=1S/C18H14N4O2/c1-10-4-2-3-5-13(10)18-21-20-16(23-18)12-8-14-15(11-6-7-11)22-24-17(14)19-9-12/h2-5,8-9,11H,6-7H2,1H3. The topological polar surface area (TPSA) is 77.8 Å². The molecule has 4 aromatic rings. The quantitative estimate of drug-likeness (QED) is 0.565. The van der Waals surface area contributed by atoms with Gasteiger partial charge in [-0.25, -0.2) is 4.98 Å². The highest BCUT2D eigenvalue weighted by Gasteiger charge is 2.29. The molecule has 1 fully saturated rings. The predicted octanol–water partition coefficient (Wildman–Crippen LogP) is 4.13. The summed E-state index contributed by atoms with van der Waals surface area (Å²) in [5, 5.41) is 13.4. The van der Waals surface area contributed by atoms with Crippen LogP contribution in [0.3, 0.4) is 0 Å². The lowest BCUT2D eigenvalue weighted by Gasteiger charge is -1.99. The summed E-state index contributed by atoms with van der Waals surface area (Å²) in [6.07, 6.45) is 3.99. The van der Waals surface area contributed by atoms with E-state index in [-0.39, 0.29) is 0 Å². The van der Waals surface area contributed by atoms with E-state index in [0.717, 1.165) is 40.6 Å². The van der Waals surface area contributed by atoms with Crippen molar-refractivity contribution in [3.8, 4) is 22.9 Å². The third kappa shape index (κ3) is 2.11. The number of aryl methyl sites for hydroxylation is 1. The Morgan fingerprint density at radius 2 is 1.92 bits per heavy atom. The van der Waals surface area contributed by atoms with Crippen LogP contribution in [0.2, 0.25) is 0 Å². The zero-order valence-corrected chi connectivity index (χ0v) is 13.1. The van der Waals surface area contributed by atoms with Gasteiger partial charge in [0, 0.05) is 17.7 Å². The minimum Gasteiger partial charge on any atom is -0.416 e. The van der Waals surface area contributed by atoms with Gasteiger partial charge in [0.1, 0.15) is 0 Å². The van der Waals surface area contributed by atoms with Crippen LogP contribution >= 0.6 is 0 Å². The van der Waals surface area contributed by atoms with E-state index in [1.807, 2.05) is 37.3 Å². The van der Waals surface area contributed by atoms with Crippen molar-refractivity contribution in [1.29, 1.82) is 0 Å². The number of hydrogen-bond donors (Lipinski definition) is 0. The number of nitrogens with zero attached hydrogens (tertiary/aromatic N) is 4. The molecule has 5 rings (SSSR count). The van der Waals surface area contributed by atoms with Gasteiger partial charge in [-0.15, -0.1) is 10.2 Å². The summed E-state index contributed by atoms with van der Waals surface area (Å²) in [5.41, 5.74) is 4.35. The van der Waals surface area contributed by atoms with Crippen molar-refractivity contribution < 1.29 is 8.94 Å². The highest BCUT2D eigenvalue weighted by Crippen LogP contribution is 2.42. The lowest BCUT2D eigenvalue weighted by atomic mass is 10.1. The molecular weight excluding hydrogens is 304 g/mol. The molecule has 6 nitrogen and oxygen atoms in total. The Morgan fingerprint density at radius 1 is 1.08 bits per heavy atom. The molecule has 0 unspecified atom stereocenters. The third-order valence-electron chi connectivity index (χ3n) is 4.37. The Bertz CT molecular complexity index is 1050. The van der Waals surface area contributed by atoms with Crippen molar-refractivity contribution in [2.24, 2.45) is 0 Å². The first-order valence-corrected chi connectivity index (χ1v) is 7.95. The lowest BCUT2D eigenvalue weighted by molar-refractivity contribution is 0.439. The van der Waals surface area contributed by atoms with Crippen molar-refractivity contribution >= 4 is 11.1 Å². The molecule has 0 spiro atoms. The number of aromatic nitrogens is 4. The van der Waals surface area contributed by atoms with Crippen LogP contribution in [-0.4, -0.2) is 20.3 Å². The summed E-state index contributed by atoms with van der Waals surface area (Å²) >= 11 is 0. The van der Waals surface area contributed by atoms with E-state index in [9.17, 15) is 0 Å². The zero-order valence-electron chi connectivity index (χ0n) is 13.1. The SMILES string of the molecule is Cc1ccccc1-c1nnc(-c2cnc3onc(C4CC4)c3c2)o1. The van der Waals surface area contributed by atoms with Crippen LogP contribution in [-0.2, 0) is 0 Å². The fraction of sp³-hybridized carbons (Fsp3) is 0.222. The van der Waals surface area contributed by atoms with E-state index < -0.39 is 0 Å². The maximum Gasteiger partial charge on any atom is 0.257 e. The first kappa shape index (κ1) is 13.4. The zero-order chi connectivity index (χ0) is 16.1. The smallest absolute Gasteiger partial charge is 0.257 e. The van der Waals surface area contributed by atoms with Crippen molar-refractivity contribution in [3.63, 3.8) is 0 Å². The third-order valence-corrected chi connectivity index (χ3v) is 4.37. The van der Waals surface area contributed by atoms with Crippen molar-refractivity contribution in [2.45, 2.75) is 25.7 Å². The van der Waals surface area contributed by atoms with E-state index in [4.69, 9.17) is 8.94 Å². The Labute approximate surface area is 137 Å². The van der Waals surface area contributed by atoms with Crippen LogP contribution in [0.5, 0.6) is 0 Å². The van der Waals surface area contributed by atoms with Gasteiger partial charge in [0.15, 0.2) is 0 Å². The van der Waals surface area contributed by atoms with E-state index in [0.29, 0.717) is 23.4 Å². The van der Waals surface area contributed by atoms with Crippen LogP contribution in [0, 0.1) is 6.92 Å². The van der Waals surface area contributed by atoms with Gasteiger partial charge in [-0.3, -0.25) is 0 Å². The Balaban J connectivity index is 1.58. The van der Waals surface area contributed by atoms with Gasteiger partial charge in [0.2, 0.25) is 11.8 Å². The fourth-order valence-electron chi connectivity index (χ4n) is 2.88. The molecular formula is C18H14N4O2. The summed E-state index contributed by atoms with van der Waals surface area (Å²) in [7, 11) is 0. The molecule has 0 atom stereocenters. The van der Waals surface area contributed by atoms with E-state index in [2.05, 4.69) is 20.3 Å². The molecule has 0 aliphatic heterocycles. The number of rotatable bonds is 3. The second-order valence-corrected chi connectivity index (χ2v) is 6.15. The second-order valence-electron chi connectivity index (χ2n) is 6.15. The molecule has 24 heavy (non-hydrogen) atoms. The van der Waals surface area contributed by atoms with E-state index in [1.54, 1.807) is 6.20 Å². The maximum absolute atomic E-state index is 5.86. The van der Waals surface area contributed by atoms with E-state index >= 15 is 0 Å². The van der Waals surface area contributed by atoms with Crippen molar-refractivity contribution in [3.05, 3.63) is 47.8 Å². The Morgan fingerprint density at radius 3 is 2.75 bits per heavy atom. The molecule has 6 heteroatoms. The van der Waals surface area contributed by atoms with Gasteiger partial charge in [-0.1, -0.05) is 23.4 Å². The molecule has 3 aromatic heterocycles. The molecule has 1 aromatic carbocycles. The molecule has 0 radical (unpaired) electrons. The molecule has 118 valence electrons. The van der Waals surface area contributed by atoms with E-state index in [1.165, 1.54) is 0 Å². The minimum absolute atomic E-state index is 0.450. The molecule has 1 aliphatic rings. The van der Waals surface area contributed by atoms with Crippen LogP contribution in [0.15, 0.2) is 45.5 Å². The lowest BCUT2D eigenvalue weighted by Crippen LogP contribution is -1.83. The van der Waals surface area contributed by atoms with Gasteiger partial charge < -0.3 is 8.94 Å². The van der Waals surface area contributed by atoms with Crippen LogP contribution in [0.4, 0.5) is 0 Å². The number of benzene rings is 1. The average molecular weight is 318 g/mol. The number of hydrogen-bond acceptors (Lipinski definition) is 6. The summed E-state index contributed by atoms with van der Waals surface area (Å²) in [6.45, 7) is 2.02. The monoisotopic (exact) mass is 318 g/mol. The molecule has 1 aliphatic carbocycles. The van der Waals surface area contributed by atoms with Gasteiger partial charge in [0.25, 0.3) is 5.71 Å². The summed E-state index contributed by atoms with van der Waals surface area (Å²) in [6, 6.07) is 9.91. The molecule has 0 bridgehead atoms. The van der Waals surface area contributed by atoms with Crippen LogP contribution < -0.4 is 0 Å². The minimum atomic E-state index is 0.450. The van der Waals surface area contributed by atoms with Crippen molar-refractivity contribution in [2.75, 3.05) is 0 Å². The predicted molar refractivity (Wildman–Crippen MR) is 87.2 cm³/mol. The van der Waals surface area contributed by atoms with Gasteiger partial charge in [-0.05, 0) is 37.5 Å². The van der Waals surface area contributed by atoms with Gasteiger partial charge >= 0.3 is 0 Å². The second kappa shape index (κ2) is 4.99. The molecule has 1 saturated carbocycles. The Kier molecular flexibility index (Phi) is 2.79. The first-order chi connectivity index (χ1) is 11.8. The van der Waals surface area contributed by atoms with Crippen LogP contribution in [0.1, 0.15) is 30.0 Å². The summed E-state index contributed by atoms with van der Waals surface area (Å²) < 4.78 is 11.2. The highest BCUT2D eigenvalue weighted by molar-refractivity contribution is 5.81. The fourth-order valence-corrected chi connectivity index (χ4v) is 2.88. The number of pyridine rings is 1. The molecule has 0 N–H and O–H groups in total. The average Bonchev–Trinajstić information content (AvgIpc) is 3.18.